The first kappa shape index (κ1) is 19.9. The molecule has 0 aromatic carbocycles. The molecule has 2 nitrogen and oxygen atoms in total. The molecule has 0 aliphatic carbocycles. The Bertz CT molecular complexity index is 180. The van der Waals surface area contributed by atoms with E-state index in [0.717, 1.165) is 18.4 Å². The van der Waals surface area contributed by atoms with Gasteiger partial charge in [0.05, 0.1) is 0 Å². The smallest absolute Gasteiger partial charge is 0.00207 e. The Morgan fingerprint density at radius 1 is 0.700 bits per heavy atom. The molecule has 0 spiro atoms. The summed E-state index contributed by atoms with van der Waals surface area (Å²) < 4.78 is 0. The third-order valence-electron chi connectivity index (χ3n) is 4.41. The van der Waals surface area contributed by atoms with Gasteiger partial charge in [-0.15, -0.1) is 0 Å². The summed E-state index contributed by atoms with van der Waals surface area (Å²) in [6, 6.07) is 0. The van der Waals surface area contributed by atoms with Gasteiger partial charge in [-0.2, -0.15) is 0 Å². The highest BCUT2D eigenvalue weighted by molar-refractivity contribution is 4.60. The lowest BCUT2D eigenvalue weighted by Gasteiger charge is -2.15. The molecular weight excluding hydrogens is 244 g/mol. The lowest BCUT2D eigenvalue weighted by atomic mass is 9.98. The molecule has 0 fully saturated rings. The van der Waals surface area contributed by atoms with Crippen LogP contribution in [0.4, 0.5) is 0 Å². The summed E-state index contributed by atoms with van der Waals surface area (Å²) in [7, 11) is 0. The Labute approximate surface area is 128 Å². The third-order valence-corrected chi connectivity index (χ3v) is 4.41. The molecule has 3 N–H and O–H groups in total. The predicted molar refractivity (Wildman–Crippen MR) is 92.1 cm³/mol. The van der Waals surface area contributed by atoms with Gasteiger partial charge in [0.25, 0.3) is 0 Å². The summed E-state index contributed by atoms with van der Waals surface area (Å²) >= 11 is 0. The molecule has 20 heavy (non-hydrogen) atoms. The van der Waals surface area contributed by atoms with E-state index in [2.05, 4.69) is 26.1 Å². The standard InChI is InChI=1S/C18H40N2/c1-17(2)18(3)16-20-15-13-11-9-7-5-4-6-8-10-12-14-19/h17-18,20H,4-16,19H2,1-3H3. The maximum atomic E-state index is 5.48. The molecule has 1 unspecified atom stereocenters. The monoisotopic (exact) mass is 284 g/mol. The van der Waals surface area contributed by atoms with Crippen LogP contribution in [-0.2, 0) is 0 Å². The zero-order chi connectivity index (χ0) is 15.1. The Hall–Kier alpha value is -0.0800. The highest BCUT2D eigenvalue weighted by Crippen LogP contribution is 2.10. The second-order valence-electron chi connectivity index (χ2n) is 6.75. The van der Waals surface area contributed by atoms with E-state index in [9.17, 15) is 0 Å². The van der Waals surface area contributed by atoms with Gasteiger partial charge in [0.15, 0.2) is 0 Å². The van der Waals surface area contributed by atoms with Crippen LogP contribution in [0, 0.1) is 11.8 Å². The summed E-state index contributed by atoms with van der Waals surface area (Å²) in [6.45, 7) is 10.2. The minimum absolute atomic E-state index is 0.798. The lowest BCUT2D eigenvalue weighted by Crippen LogP contribution is -2.25. The first-order valence-corrected chi connectivity index (χ1v) is 9.09. The van der Waals surface area contributed by atoms with Crippen molar-refractivity contribution in [1.29, 1.82) is 0 Å². The van der Waals surface area contributed by atoms with Gasteiger partial charge < -0.3 is 11.1 Å². The average Bonchev–Trinajstić information content (AvgIpc) is 2.43. The predicted octanol–water partition coefficient (Wildman–Crippen LogP) is 4.73. The van der Waals surface area contributed by atoms with Crippen LogP contribution in [0.25, 0.3) is 0 Å². The third kappa shape index (κ3) is 14.3. The van der Waals surface area contributed by atoms with Crippen LogP contribution in [-0.4, -0.2) is 19.6 Å². The molecule has 0 rings (SSSR count). The Kier molecular flexibility index (Phi) is 15.3. The molecule has 1 atom stereocenters. The lowest BCUT2D eigenvalue weighted by molar-refractivity contribution is 0.390. The molecule has 2 heteroatoms. The number of hydrogen-bond donors (Lipinski definition) is 2. The molecule has 0 radical (unpaired) electrons. The Morgan fingerprint density at radius 2 is 1.15 bits per heavy atom. The fourth-order valence-electron chi connectivity index (χ4n) is 2.37. The average molecular weight is 285 g/mol. The van der Waals surface area contributed by atoms with Crippen molar-refractivity contribution in [3.05, 3.63) is 0 Å². The topological polar surface area (TPSA) is 38.0 Å². The van der Waals surface area contributed by atoms with E-state index in [1.807, 2.05) is 0 Å². The molecular formula is C18H40N2. The van der Waals surface area contributed by atoms with Gasteiger partial charge in [-0.05, 0) is 44.3 Å². The first-order valence-electron chi connectivity index (χ1n) is 9.09. The summed E-state index contributed by atoms with van der Waals surface area (Å²) in [4.78, 5) is 0. The van der Waals surface area contributed by atoms with Gasteiger partial charge in [0.1, 0.15) is 0 Å². The van der Waals surface area contributed by atoms with Crippen LogP contribution in [0.1, 0.15) is 85.0 Å². The van der Waals surface area contributed by atoms with Gasteiger partial charge in [-0.3, -0.25) is 0 Å². The molecule has 0 bridgehead atoms. The number of nitrogens with one attached hydrogen (secondary N) is 1. The van der Waals surface area contributed by atoms with Gasteiger partial charge in [0, 0.05) is 0 Å². The molecule has 0 aliphatic heterocycles. The van der Waals surface area contributed by atoms with Crippen molar-refractivity contribution in [2.75, 3.05) is 19.6 Å². The molecule has 0 amide bonds. The van der Waals surface area contributed by atoms with Crippen LogP contribution >= 0.6 is 0 Å². The van der Waals surface area contributed by atoms with Crippen LogP contribution in [0.3, 0.4) is 0 Å². The zero-order valence-corrected chi connectivity index (χ0v) is 14.4. The maximum absolute atomic E-state index is 5.48. The van der Waals surface area contributed by atoms with Gasteiger partial charge in [0.2, 0.25) is 0 Å². The Balaban J connectivity index is 3.03. The van der Waals surface area contributed by atoms with Gasteiger partial charge >= 0.3 is 0 Å². The zero-order valence-electron chi connectivity index (χ0n) is 14.4. The molecule has 0 saturated heterocycles. The first-order chi connectivity index (χ1) is 9.68. The largest absolute Gasteiger partial charge is 0.330 e. The minimum atomic E-state index is 0.798. The molecule has 0 aromatic heterocycles. The van der Waals surface area contributed by atoms with E-state index in [-0.39, 0.29) is 0 Å². The molecule has 0 heterocycles. The highest BCUT2D eigenvalue weighted by atomic mass is 14.8. The van der Waals surface area contributed by atoms with E-state index >= 15 is 0 Å². The molecule has 122 valence electrons. The van der Waals surface area contributed by atoms with Crippen molar-refractivity contribution in [2.24, 2.45) is 17.6 Å². The summed E-state index contributed by atoms with van der Waals surface area (Å²) in [6.07, 6.45) is 13.8. The van der Waals surface area contributed by atoms with Gasteiger partial charge in [-0.25, -0.2) is 0 Å². The number of rotatable bonds is 15. The van der Waals surface area contributed by atoms with Crippen LogP contribution in [0.2, 0.25) is 0 Å². The fraction of sp³-hybridized carbons (Fsp3) is 1.00. The van der Waals surface area contributed by atoms with Crippen molar-refractivity contribution < 1.29 is 0 Å². The maximum Gasteiger partial charge on any atom is -0.00207 e. The second kappa shape index (κ2) is 15.3. The van der Waals surface area contributed by atoms with Crippen molar-refractivity contribution in [2.45, 2.75) is 85.0 Å². The summed E-state index contributed by atoms with van der Waals surface area (Å²) in [5.74, 6) is 1.60. The fourth-order valence-corrected chi connectivity index (χ4v) is 2.37. The minimum Gasteiger partial charge on any atom is -0.330 e. The van der Waals surface area contributed by atoms with Crippen molar-refractivity contribution in [3.8, 4) is 0 Å². The van der Waals surface area contributed by atoms with Crippen LogP contribution < -0.4 is 11.1 Å². The van der Waals surface area contributed by atoms with E-state index in [1.54, 1.807) is 0 Å². The van der Waals surface area contributed by atoms with E-state index in [4.69, 9.17) is 5.73 Å². The van der Waals surface area contributed by atoms with Crippen LogP contribution in [0.15, 0.2) is 0 Å². The molecule has 0 aliphatic rings. The number of hydrogen-bond acceptors (Lipinski definition) is 2. The van der Waals surface area contributed by atoms with E-state index in [0.29, 0.717) is 0 Å². The van der Waals surface area contributed by atoms with Crippen molar-refractivity contribution in [1.82, 2.24) is 5.32 Å². The summed E-state index contributed by atoms with van der Waals surface area (Å²) in [5.41, 5.74) is 5.48. The Morgan fingerprint density at radius 3 is 1.60 bits per heavy atom. The second-order valence-corrected chi connectivity index (χ2v) is 6.75. The van der Waals surface area contributed by atoms with Crippen molar-refractivity contribution in [3.63, 3.8) is 0 Å². The quantitative estimate of drug-likeness (QED) is 0.427. The SMILES string of the molecule is CC(C)C(C)CNCCCCCCCCCCCCN. The summed E-state index contributed by atoms with van der Waals surface area (Å²) in [5, 5.41) is 3.59. The molecule has 0 saturated carbocycles. The number of unbranched alkanes of at least 4 members (excludes halogenated alkanes) is 9. The normalized spacial score (nSPS) is 13.1. The van der Waals surface area contributed by atoms with Gasteiger partial charge in [-0.1, -0.05) is 72.1 Å². The molecule has 0 aromatic rings. The highest BCUT2D eigenvalue weighted by Gasteiger charge is 2.05. The van der Waals surface area contributed by atoms with Crippen molar-refractivity contribution >= 4 is 0 Å². The van der Waals surface area contributed by atoms with E-state index in [1.165, 1.54) is 77.3 Å². The number of nitrogens with two attached hydrogens (primary N) is 1. The van der Waals surface area contributed by atoms with E-state index < -0.39 is 0 Å². The van der Waals surface area contributed by atoms with Crippen LogP contribution in [0.5, 0.6) is 0 Å².